The predicted molar refractivity (Wildman–Crippen MR) is 98.8 cm³/mol. The van der Waals surface area contributed by atoms with Crippen LogP contribution in [-0.4, -0.2) is 16.6 Å². The van der Waals surface area contributed by atoms with Gasteiger partial charge in [0.15, 0.2) is 0 Å². The standard InChI is InChI=1S/C18H16F3N3OS2/c1-10-2-4-12-13(7-22)17(27-14(12)6-10)24-15(25)9-26-16-5-3-11(8-23-16)18(19,20)21/h3,5,8,10H,2,4,6,9H2,1H3,(H,24,25). The molecule has 2 aromatic rings. The number of rotatable bonds is 4. The van der Waals surface area contributed by atoms with Crippen molar-refractivity contribution in [1.29, 1.82) is 5.26 Å². The van der Waals surface area contributed by atoms with Crippen molar-refractivity contribution in [2.75, 3.05) is 11.1 Å². The van der Waals surface area contributed by atoms with Gasteiger partial charge in [0.05, 0.1) is 21.9 Å². The Balaban J connectivity index is 1.62. The molecule has 1 aliphatic carbocycles. The van der Waals surface area contributed by atoms with E-state index in [1.54, 1.807) is 0 Å². The third-order valence-electron chi connectivity index (χ3n) is 4.29. The van der Waals surface area contributed by atoms with Crippen LogP contribution < -0.4 is 5.32 Å². The topological polar surface area (TPSA) is 65.8 Å². The molecule has 0 saturated heterocycles. The zero-order chi connectivity index (χ0) is 19.6. The van der Waals surface area contributed by atoms with E-state index in [1.807, 2.05) is 0 Å². The fourth-order valence-corrected chi connectivity index (χ4v) is 4.91. The number of anilines is 1. The van der Waals surface area contributed by atoms with E-state index in [4.69, 9.17) is 0 Å². The van der Waals surface area contributed by atoms with E-state index in [1.165, 1.54) is 17.4 Å². The van der Waals surface area contributed by atoms with Crippen molar-refractivity contribution in [3.8, 4) is 6.07 Å². The molecule has 0 fully saturated rings. The molecule has 1 unspecified atom stereocenters. The smallest absolute Gasteiger partial charge is 0.316 e. The van der Waals surface area contributed by atoms with Crippen molar-refractivity contribution in [1.82, 2.24) is 4.98 Å². The molecule has 2 heterocycles. The van der Waals surface area contributed by atoms with Crippen molar-refractivity contribution >= 4 is 34.0 Å². The molecule has 0 saturated carbocycles. The number of amides is 1. The Morgan fingerprint density at radius 2 is 2.26 bits per heavy atom. The highest BCUT2D eigenvalue weighted by molar-refractivity contribution is 7.99. The van der Waals surface area contributed by atoms with Gasteiger partial charge in [0.25, 0.3) is 0 Å². The van der Waals surface area contributed by atoms with Gasteiger partial charge in [0, 0.05) is 11.1 Å². The van der Waals surface area contributed by atoms with Crippen LogP contribution in [0.5, 0.6) is 0 Å². The van der Waals surface area contributed by atoms with Crippen LogP contribution in [0.4, 0.5) is 18.2 Å². The van der Waals surface area contributed by atoms with E-state index < -0.39 is 11.7 Å². The highest BCUT2D eigenvalue weighted by atomic mass is 32.2. The molecule has 1 amide bonds. The van der Waals surface area contributed by atoms with Crippen molar-refractivity contribution in [2.45, 2.75) is 37.4 Å². The highest BCUT2D eigenvalue weighted by Crippen LogP contribution is 2.39. The molecule has 142 valence electrons. The Bertz CT molecular complexity index is 885. The first-order chi connectivity index (χ1) is 12.8. The Morgan fingerprint density at radius 1 is 1.48 bits per heavy atom. The van der Waals surface area contributed by atoms with Crippen LogP contribution in [0.15, 0.2) is 23.4 Å². The third-order valence-corrected chi connectivity index (χ3v) is 6.40. The first-order valence-corrected chi connectivity index (χ1v) is 10.1. The molecule has 0 aromatic carbocycles. The molecule has 4 nitrogen and oxygen atoms in total. The quantitative estimate of drug-likeness (QED) is 0.728. The number of hydrogen-bond donors (Lipinski definition) is 1. The Morgan fingerprint density at radius 3 is 2.89 bits per heavy atom. The van der Waals surface area contributed by atoms with Gasteiger partial charge in [-0.3, -0.25) is 4.79 Å². The average molecular weight is 411 g/mol. The lowest BCUT2D eigenvalue weighted by Gasteiger charge is -2.17. The summed E-state index contributed by atoms with van der Waals surface area (Å²) >= 11 is 2.49. The van der Waals surface area contributed by atoms with E-state index >= 15 is 0 Å². The van der Waals surface area contributed by atoms with Crippen LogP contribution in [0, 0.1) is 17.2 Å². The van der Waals surface area contributed by atoms with Crippen molar-refractivity contribution in [3.63, 3.8) is 0 Å². The molecule has 1 atom stereocenters. The SMILES string of the molecule is CC1CCc2c(sc(NC(=O)CSc3ccc(C(F)(F)F)cn3)c2C#N)C1. The molecule has 3 rings (SSSR count). The first-order valence-electron chi connectivity index (χ1n) is 8.28. The van der Waals surface area contributed by atoms with Crippen molar-refractivity contribution in [2.24, 2.45) is 5.92 Å². The maximum atomic E-state index is 12.5. The number of nitrogens with zero attached hydrogens (tertiary/aromatic N) is 2. The number of fused-ring (bicyclic) bond motifs is 1. The van der Waals surface area contributed by atoms with Gasteiger partial charge in [-0.05, 0) is 42.9 Å². The zero-order valence-electron chi connectivity index (χ0n) is 14.4. The number of aromatic nitrogens is 1. The molecule has 27 heavy (non-hydrogen) atoms. The van der Waals surface area contributed by atoms with Gasteiger partial charge in [-0.15, -0.1) is 11.3 Å². The van der Waals surface area contributed by atoms with E-state index in [2.05, 4.69) is 23.3 Å². The van der Waals surface area contributed by atoms with Gasteiger partial charge in [-0.2, -0.15) is 18.4 Å². The lowest BCUT2D eigenvalue weighted by molar-refractivity contribution is -0.137. The van der Waals surface area contributed by atoms with Gasteiger partial charge in [0.1, 0.15) is 11.1 Å². The lowest BCUT2D eigenvalue weighted by Crippen LogP contribution is -2.14. The van der Waals surface area contributed by atoms with Gasteiger partial charge < -0.3 is 5.32 Å². The Kier molecular flexibility index (Phi) is 5.77. The second-order valence-electron chi connectivity index (χ2n) is 6.39. The summed E-state index contributed by atoms with van der Waals surface area (Å²) in [5.41, 5.74) is 0.745. The molecule has 2 aromatic heterocycles. The number of nitriles is 1. The molecule has 0 radical (unpaired) electrons. The van der Waals surface area contributed by atoms with Crippen molar-refractivity contribution < 1.29 is 18.0 Å². The van der Waals surface area contributed by atoms with Gasteiger partial charge in [0.2, 0.25) is 5.91 Å². The van der Waals surface area contributed by atoms with Crippen LogP contribution in [0.3, 0.4) is 0 Å². The number of halogens is 3. The van der Waals surface area contributed by atoms with E-state index in [9.17, 15) is 23.2 Å². The van der Waals surface area contributed by atoms with Gasteiger partial charge >= 0.3 is 6.18 Å². The van der Waals surface area contributed by atoms with E-state index in [0.29, 0.717) is 21.5 Å². The molecular weight excluding hydrogens is 395 g/mol. The minimum absolute atomic E-state index is 0.00219. The summed E-state index contributed by atoms with van der Waals surface area (Å²) in [5.74, 6) is 0.250. The molecular formula is C18H16F3N3OS2. The molecule has 1 N–H and O–H groups in total. The lowest BCUT2D eigenvalue weighted by atomic mass is 9.89. The summed E-state index contributed by atoms with van der Waals surface area (Å²) in [6, 6.07) is 4.37. The molecule has 0 aliphatic heterocycles. The summed E-state index contributed by atoms with van der Waals surface area (Å²) in [5, 5.41) is 13.1. The number of hydrogen-bond acceptors (Lipinski definition) is 5. The zero-order valence-corrected chi connectivity index (χ0v) is 16.0. The van der Waals surface area contributed by atoms with Gasteiger partial charge in [-0.25, -0.2) is 4.98 Å². The second kappa shape index (κ2) is 7.90. The number of nitrogens with one attached hydrogen (secondary N) is 1. The summed E-state index contributed by atoms with van der Waals surface area (Å²) in [6.07, 6.45) is -0.897. The number of thiophene rings is 1. The second-order valence-corrected chi connectivity index (χ2v) is 8.49. The number of thioether (sulfide) groups is 1. The monoisotopic (exact) mass is 411 g/mol. The number of carbonyl (C=O) groups excluding carboxylic acids is 1. The summed E-state index contributed by atoms with van der Waals surface area (Å²) in [4.78, 5) is 17.1. The van der Waals surface area contributed by atoms with E-state index in [0.717, 1.165) is 53.7 Å². The molecule has 1 aliphatic rings. The summed E-state index contributed by atoms with van der Waals surface area (Å²) in [6.45, 7) is 2.17. The van der Waals surface area contributed by atoms with Crippen molar-refractivity contribution in [3.05, 3.63) is 39.9 Å². The van der Waals surface area contributed by atoms with Crippen LogP contribution in [0.25, 0.3) is 0 Å². The number of pyridine rings is 1. The number of alkyl halides is 3. The maximum Gasteiger partial charge on any atom is 0.417 e. The maximum absolute atomic E-state index is 12.5. The van der Waals surface area contributed by atoms with Crippen LogP contribution in [0.2, 0.25) is 0 Å². The fourth-order valence-electron chi connectivity index (χ4n) is 2.89. The molecule has 0 spiro atoms. The van der Waals surface area contributed by atoms with Crippen LogP contribution >= 0.6 is 23.1 Å². The normalized spacial score (nSPS) is 16.5. The Labute approximate surface area is 162 Å². The summed E-state index contributed by atoms with van der Waals surface area (Å²) in [7, 11) is 0. The van der Waals surface area contributed by atoms with Crippen LogP contribution in [-0.2, 0) is 23.8 Å². The largest absolute Gasteiger partial charge is 0.417 e. The van der Waals surface area contributed by atoms with Gasteiger partial charge in [-0.1, -0.05) is 18.7 Å². The molecule has 9 heteroatoms. The van der Waals surface area contributed by atoms with Crippen LogP contribution in [0.1, 0.15) is 34.9 Å². The average Bonchev–Trinajstić information content (AvgIpc) is 2.95. The highest BCUT2D eigenvalue weighted by Gasteiger charge is 2.30. The summed E-state index contributed by atoms with van der Waals surface area (Å²) < 4.78 is 37.6. The first kappa shape index (κ1) is 19.7. The fraction of sp³-hybridized carbons (Fsp3) is 0.389. The molecule has 0 bridgehead atoms. The minimum atomic E-state index is -4.43. The Hall–Kier alpha value is -2.05. The number of carbonyl (C=O) groups is 1. The van der Waals surface area contributed by atoms with E-state index in [-0.39, 0.29) is 11.7 Å². The minimum Gasteiger partial charge on any atom is -0.316 e. The third kappa shape index (κ3) is 4.62. The predicted octanol–water partition coefficient (Wildman–Crippen LogP) is 4.89.